The Kier molecular flexibility index (Phi) is 6.09. The molecule has 0 spiro atoms. The van der Waals surface area contributed by atoms with Crippen LogP contribution < -0.4 is 10.2 Å². The number of alkyl halides is 2. The third-order valence-electron chi connectivity index (χ3n) is 4.92. The standard InChI is InChI=1S/C19H21F2N7OS/c1-26-17-13(10-24-26)18(23-12-22-17)28-8-6-27(7-9-28)11-16(29)25-14-4-2-3-5-15(14)30-19(20)21/h2-5,10,12,19H,6-9,11H2,1H3,(H,25,29). The molecule has 30 heavy (non-hydrogen) atoms. The molecule has 3 heterocycles. The lowest BCUT2D eigenvalue weighted by Gasteiger charge is -2.35. The summed E-state index contributed by atoms with van der Waals surface area (Å²) in [6, 6.07) is 6.59. The van der Waals surface area contributed by atoms with Crippen LogP contribution >= 0.6 is 11.8 Å². The molecule has 3 aromatic rings. The maximum atomic E-state index is 12.7. The number of aromatic nitrogens is 4. The van der Waals surface area contributed by atoms with E-state index in [0.717, 1.165) is 16.9 Å². The van der Waals surface area contributed by atoms with Gasteiger partial charge in [0.15, 0.2) is 5.65 Å². The number of hydrogen-bond donors (Lipinski definition) is 1. The zero-order valence-electron chi connectivity index (χ0n) is 16.3. The van der Waals surface area contributed by atoms with E-state index in [1.807, 2.05) is 11.9 Å². The average Bonchev–Trinajstić information content (AvgIpc) is 3.11. The summed E-state index contributed by atoms with van der Waals surface area (Å²) in [6.07, 6.45) is 3.30. The molecule has 0 unspecified atom stereocenters. The number of carbonyl (C=O) groups is 1. The number of halogens is 2. The van der Waals surface area contributed by atoms with Crippen LogP contribution in [0, 0.1) is 0 Å². The molecule has 1 aromatic carbocycles. The van der Waals surface area contributed by atoms with Gasteiger partial charge in [0.1, 0.15) is 12.1 Å². The van der Waals surface area contributed by atoms with Crippen LogP contribution in [0.1, 0.15) is 0 Å². The molecule has 11 heteroatoms. The number of para-hydroxylation sites is 1. The fourth-order valence-corrected chi connectivity index (χ4v) is 4.08. The van der Waals surface area contributed by atoms with Crippen molar-refractivity contribution in [3.05, 3.63) is 36.8 Å². The Morgan fingerprint density at radius 1 is 1.20 bits per heavy atom. The molecule has 2 aromatic heterocycles. The molecule has 1 aliphatic heterocycles. The second-order valence-corrected chi connectivity index (χ2v) is 7.92. The number of fused-ring (bicyclic) bond motifs is 1. The summed E-state index contributed by atoms with van der Waals surface area (Å²) in [5, 5.41) is 7.90. The molecule has 0 atom stereocenters. The van der Waals surface area contributed by atoms with Gasteiger partial charge in [-0.25, -0.2) is 9.97 Å². The number of amides is 1. The van der Waals surface area contributed by atoms with Crippen LogP contribution in [0.15, 0.2) is 41.7 Å². The third-order valence-corrected chi connectivity index (χ3v) is 5.71. The summed E-state index contributed by atoms with van der Waals surface area (Å²) in [6.45, 7) is 3.00. The first-order valence-electron chi connectivity index (χ1n) is 9.45. The fraction of sp³-hybridized carbons (Fsp3) is 0.368. The summed E-state index contributed by atoms with van der Waals surface area (Å²) in [7, 11) is 1.84. The minimum atomic E-state index is -2.54. The number of hydrogen-bond acceptors (Lipinski definition) is 7. The number of carbonyl (C=O) groups excluding carboxylic acids is 1. The molecular formula is C19H21F2N7OS. The maximum absolute atomic E-state index is 12.7. The lowest BCUT2D eigenvalue weighted by Crippen LogP contribution is -2.49. The highest BCUT2D eigenvalue weighted by molar-refractivity contribution is 7.99. The van der Waals surface area contributed by atoms with Crippen LogP contribution in [-0.2, 0) is 11.8 Å². The Labute approximate surface area is 176 Å². The van der Waals surface area contributed by atoms with Gasteiger partial charge in [-0.1, -0.05) is 23.9 Å². The van der Waals surface area contributed by atoms with Gasteiger partial charge in [-0.15, -0.1) is 0 Å². The van der Waals surface area contributed by atoms with Crippen molar-refractivity contribution in [3.63, 3.8) is 0 Å². The summed E-state index contributed by atoms with van der Waals surface area (Å²) in [5.74, 6) is -1.91. The van der Waals surface area contributed by atoms with Crippen molar-refractivity contribution in [1.82, 2.24) is 24.6 Å². The second kappa shape index (κ2) is 8.92. The molecule has 0 radical (unpaired) electrons. The smallest absolute Gasteiger partial charge is 0.288 e. The van der Waals surface area contributed by atoms with Gasteiger partial charge < -0.3 is 10.2 Å². The highest BCUT2D eigenvalue weighted by atomic mass is 32.2. The largest absolute Gasteiger partial charge is 0.353 e. The Bertz CT molecular complexity index is 1040. The van der Waals surface area contributed by atoms with E-state index < -0.39 is 5.76 Å². The van der Waals surface area contributed by atoms with E-state index in [9.17, 15) is 13.6 Å². The van der Waals surface area contributed by atoms with E-state index in [1.54, 1.807) is 35.1 Å². The normalized spacial score (nSPS) is 15.1. The number of aryl methyl sites for hydroxylation is 1. The van der Waals surface area contributed by atoms with Gasteiger partial charge in [-0.05, 0) is 12.1 Å². The van der Waals surface area contributed by atoms with E-state index in [-0.39, 0.29) is 12.5 Å². The van der Waals surface area contributed by atoms with E-state index >= 15 is 0 Å². The zero-order valence-corrected chi connectivity index (χ0v) is 17.1. The average molecular weight is 433 g/mol. The van der Waals surface area contributed by atoms with Crippen LogP contribution in [-0.4, -0.2) is 69.0 Å². The Morgan fingerprint density at radius 2 is 1.97 bits per heavy atom. The van der Waals surface area contributed by atoms with Crippen molar-refractivity contribution < 1.29 is 13.6 Å². The summed E-state index contributed by atoms with van der Waals surface area (Å²) >= 11 is 0.426. The zero-order chi connectivity index (χ0) is 21.1. The highest BCUT2D eigenvalue weighted by Gasteiger charge is 2.22. The lowest BCUT2D eigenvalue weighted by atomic mass is 10.2. The van der Waals surface area contributed by atoms with Gasteiger partial charge in [-0.2, -0.15) is 13.9 Å². The number of anilines is 2. The predicted octanol–water partition coefficient (Wildman–Crippen LogP) is 2.44. The van der Waals surface area contributed by atoms with E-state index in [0.29, 0.717) is 48.5 Å². The Morgan fingerprint density at radius 3 is 2.73 bits per heavy atom. The van der Waals surface area contributed by atoms with Gasteiger partial charge in [0.25, 0.3) is 5.76 Å². The first-order valence-corrected chi connectivity index (χ1v) is 10.3. The van der Waals surface area contributed by atoms with Crippen LogP contribution in [0.4, 0.5) is 20.3 Å². The minimum Gasteiger partial charge on any atom is -0.353 e. The minimum absolute atomic E-state index is 0.202. The summed E-state index contributed by atoms with van der Waals surface area (Å²) in [4.78, 5) is 25.7. The predicted molar refractivity (Wildman–Crippen MR) is 112 cm³/mol. The number of thioether (sulfide) groups is 1. The second-order valence-electron chi connectivity index (χ2n) is 6.89. The molecule has 158 valence electrons. The van der Waals surface area contributed by atoms with E-state index in [2.05, 4.69) is 25.3 Å². The van der Waals surface area contributed by atoms with Gasteiger partial charge in [-0.3, -0.25) is 14.4 Å². The number of nitrogens with one attached hydrogen (secondary N) is 1. The van der Waals surface area contributed by atoms with Gasteiger partial charge in [0, 0.05) is 38.1 Å². The van der Waals surface area contributed by atoms with Crippen molar-refractivity contribution in [1.29, 1.82) is 0 Å². The quantitative estimate of drug-likeness (QED) is 0.598. The molecule has 1 aliphatic rings. The van der Waals surface area contributed by atoms with Crippen molar-refractivity contribution in [2.24, 2.45) is 7.05 Å². The lowest BCUT2D eigenvalue weighted by molar-refractivity contribution is -0.117. The molecule has 1 amide bonds. The van der Waals surface area contributed by atoms with Gasteiger partial charge >= 0.3 is 0 Å². The number of nitrogens with zero attached hydrogens (tertiary/aromatic N) is 6. The van der Waals surface area contributed by atoms with Crippen molar-refractivity contribution in [2.75, 3.05) is 42.9 Å². The number of rotatable bonds is 6. The first kappa shape index (κ1) is 20.5. The van der Waals surface area contributed by atoms with E-state index in [1.165, 1.54) is 6.33 Å². The molecule has 0 saturated carbocycles. The monoisotopic (exact) mass is 433 g/mol. The Hall–Kier alpha value is -2.79. The topological polar surface area (TPSA) is 79.2 Å². The van der Waals surface area contributed by atoms with Crippen LogP contribution in [0.3, 0.4) is 0 Å². The fourth-order valence-electron chi connectivity index (χ4n) is 3.48. The van der Waals surface area contributed by atoms with Crippen LogP contribution in [0.2, 0.25) is 0 Å². The molecule has 0 bridgehead atoms. The summed E-state index contributed by atoms with van der Waals surface area (Å²) < 4.78 is 27.1. The van der Waals surface area contributed by atoms with Crippen LogP contribution in [0.25, 0.3) is 11.0 Å². The molecule has 0 aliphatic carbocycles. The molecule has 8 nitrogen and oxygen atoms in total. The molecular weight excluding hydrogens is 412 g/mol. The third kappa shape index (κ3) is 4.51. The molecule has 1 saturated heterocycles. The van der Waals surface area contributed by atoms with Crippen molar-refractivity contribution in [3.8, 4) is 0 Å². The van der Waals surface area contributed by atoms with Crippen molar-refractivity contribution in [2.45, 2.75) is 10.7 Å². The van der Waals surface area contributed by atoms with E-state index in [4.69, 9.17) is 0 Å². The van der Waals surface area contributed by atoms with Crippen molar-refractivity contribution >= 4 is 40.2 Å². The molecule has 1 N–H and O–H groups in total. The first-order chi connectivity index (χ1) is 14.5. The highest BCUT2D eigenvalue weighted by Crippen LogP contribution is 2.31. The molecule has 1 fully saturated rings. The van der Waals surface area contributed by atoms with Gasteiger partial charge in [0.05, 0.1) is 23.8 Å². The summed E-state index contributed by atoms with van der Waals surface area (Å²) in [5.41, 5.74) is 1.19. The number of benzene rings is 1. The van der Waals surface area contributed by atoms with Crippen LogP contribution in [0.5, 0.6) is 0 Å². The molecule has 4 rings (SSSR count). The van der Waals surface area contributed by atoms with Gasteiger partial charge in [0.2, 0.25) is 5.91 Å². The Balaban J connectivity index is 1.34. The number of piperazine rings is 1. The SMILES string of the molecule is Cn1ncc2c(N3CCN(CC(=O)Nc4ccccc4SC(F)F)CC3)ncnc21. The maximum Gasteiger partial charge on any atom is 0.288 e.